The number of nitrogens with zero attached hydrogens (tertiary/aromatic N) is 1. The average Bonchev–Trinajstić information content (AvgIpc) is 2.75. The van der Waals surface area contributed by atoms with E-state index in [1.807, 2.05) is 60.7 Å². The van der Waals surface area contributed by atoms with Gasteiger partial charge >= 0.3 is 0 Å². The number of carbonyl (C=O) groups is 3. The van der Waals surface area contributed by atoms with E-state index in [0.717, 1.165) is 11.1 Å². The molecular weight excluding hydrogens is 382 g/mol. The van der Waals surface area contributed by atoms with Crippen LogP contribution < -0.4 is 10.6 Å². The van der Waals surface area contributed by atoms with Crippen LogP contribution in [-0.2, 0) is 32.3 Å². The van der Waals surface area contributed by atoms with Crippen LogP contribution in [0.4, 0.5) is 0 Å². The summed E-state index contributed by atoms with van der Waals surface area (Å²) in [6, 6.07) is 16.6. The van der Waals surface area contributed by atoms with Crippen LogP contribution in [0.2, 0.25) is 0 Å². The zero-order valence-corrected chi connectivity index (χ0v) is 17.2. The van der Waals surface area contributed by atoms with Gasteiger partial charge in [-0.2, -0.15) is 0 Å². The van der Waals surface area contributed by atoms with Crippen molar-refractivity contribution in [1.82, 2.24) is 15.5 Å². The summed E-state index contributed by atoms with van der Waals surface area (Å²) in [7, 11) is 0. The van der Waals surface area contributed by atoms with E-state index < -0.39 is 23.9 Å². The minimum atomic E-state index is -1.20. The molecule has 3 rings (SSSR count). The second kappa shape index (κ2) is 10.0. The van der Waals surface area contributed by atoms with E-state index in [4.69, 9.17) is 4.74 Å². The molecule has 0 spiro atoms. The number of nitrogens with one attached hydrogen (secondary N) is 2. The molecule has 2 aromatic rings. The van der Waals surface area contributed by atoms with Crippen LogP contribution in [0, 0.1) is 0 Å². The van der Waals surface area contributed by atoms with E-state index in [1.165, 1.54) is 4.90 Å². The van der Waals surface area contributed by atoms with E-state index in [9.17, 15) is 14.4 Å². The van der Waals surface area contributed by atoms with Crippen molar-refractivity contribution in [3.63, 3.8) is 0 Å². The second-order valence-electron chi connectivity index (χ2n) is 7.51. The Bertz CT molecular complexity index is 871. The normalized spacial score (nSPS) is 19.0. The lowest BCUT2D eigenvalue weighted by Gasteiger charge is -2.40. The van der Waals surface area contributed by atoms with Gasteiger partial charge in [0.15, 0.2) is 6.04 Å². The highest BCUT2D eigenvalue weighted by atomic mass is 16.5. The van der Waals surface area contributed by atoms with E-state index in [0.29, 0.717) is 6.61 Å². The zero-order chi connectivity index (χ0) is 21.5. The predicted octanol–water partition coefficient (Wildman–Crippen LogP) is 1.62. The van der Waals surface area contributed by atoms with E-state index in [-0.39, 0.29) is 25.1 Å². The topological polar surface area (TPSA) is 87.7 Å². The van der Waals surface area contributed by atoms with Crippen molar-refractivity contribution >= 4 is 17.7 Å². The predicted molar refractivity (Wildman–Crippen MR) is 112 cm³/mol. The quantitative estimate of drug-likeness (QED) is 0.649. The van der Waals surface area contributed by atoms with Crippen molar-refractivity contribution < 1.29 is 19.1 Å². The molecule has 7 heteroatoms. The summed E-state index contributed by atoms with van der Waals surface area (Å²) in [5.74, 6) is -1.32. The Morgan fingerprint density at radius 1 is 1.03 bits per heavy atom. The molecule has 0 radical (unpaired) electrons. The molecule has 2 N–H and O–H groups in total. The zero-order valence-electron chi connectivity index (χ0n) is 17.2. The minimum Gasteiger partial charge on any atom is -0.374 e. The summed E-state index contributed by atoms with van der Waals surface area (Å²) in [5.41, 5.74) is 1.89. The van der Waals surface area contributed by atoms with Crippen molar-refractivity contribution in [3.8, 4) is 0 Å². The van der Waals surface area contributed by atoms with Gasteiger partial charge in [-0.25, -0.2) is 0 Å². The van der Waals surface area contributed by atoms with Crippen LogP contribution in [-0.4, -0.2) is 47.4 Å². The summed E-state index contributed by atoms with van der Waals surface area (Å²) >= 11 is 0. The largest absolute Gasteiger partial charge is 0.374 e. The van der Waals surface area contributed by atoms with Gasteiger partial charge in [-0.15, -0.1) is 0 Å². The van der Waals surface area contributed by atoms with Crippen LogP contribution in [0.5, 0.6) is 0 Å². The fraction of sp³-hybridized carbons (Fsp3) is 0.348. The SMILES string of the molecule is CC(C)N1C(=O)[C@H](COCc2ccccc2)NC(=O)C1C(=O)NCc1ccccc1. The fourth-order valence-corrected chi connectivity index (χ4v) is 3.41. The third-order valence-electron chi connectivity index (χ3n) is 4.91. The molecule has 7 nitrogen and oxygen atoms in total. The number of piperazine rings is 1. The van der Waals surface area contributed by atoms with Crippen LogP contribution in [0.15, 0.2) is 60.7 Å². The summed E-state index contributed by atoms with van der Waals surface area (Å²) < 4.78 is 5.64. The number of amides is 3. The first kappa shape index (κ1) is 21.5. The van der Waals surface area contributed by atoms with Gasteiger partial charge in [0.05, 0.1) is 13.2 Å². The highest BCUT2D eigenvalue weighted by molar-refractivity contribution is 6.10. The molecule has 30 heavy (non-hydrogen) atoms. The molecule has 0 aliphatic carbocycles. The fourth-order valence-electron chi connectivity index (χ4n) is 3.41. The maximum atomic E-state index is 13.0. The van der Waals surface area contributed by atoms with Crippen molar-refractivity contribution in [1.29, 1.82) is 0 Å². The Hall–Kier alpha value is -3.19. The number of hydrogen-bond acceptors (Lipinski definition) is 4. The average molecular weight is 409 g/mol. The minimum absolute atomic E-state index is 0.0427. The molecule has 0 bridgehead atoms. The summed E-state index contributed by atoms with van der Waals surface area (Å²) in [6.45, 7) is 4.24. The lowest BCUT2D eigenvalue weighted by molar-refractivity contribution is -0.158. The van der Waals surface area contributed by atoms with E-state index in [1.54, 1.807) is 13.8 Å². The van der Waals surface area contributed by atoms with Crippen molar-refractivity contribution in [2.24, 2.45) is 0 Å². The molecule has 1 saturated heterocycles. The Balaban J connectivity index is 1.62. The van der Waals surface area contributed by atoms with Gasteiger partial charge in [0.1, 0.15) is 6.04 Å². The Labute approximate surface area is 176 Å². The molecule has 0 aromatic heterocycles. The van der Waals surface area contributed by atoms with Gasteiger partial charge in [0, 0.05) is 12.6 Å². The third-order valence-corrected chi connectivity index (χ3v) is 4.91. The number of carbonyl (C=O) groups excluding carboxylic acids is 3. The van der Waals surface area contributed by atoms with Gasteiger partial charge in [0.2, 0.25) is 5.91 Å². The van der Waals surface area contributed by atoms with Crippen LogP contribution >= 0.6 is 0 Å². The van der Waals surface area contributed by atoms with E-state index >= 15 is 0 Å². The maximum absolute atomic E-state index is 13.0. The van der Waals surface area contributed by atoms with E-state index in [2.05, 4.69) is 10.6 Å². The molecule has 1 unspecified atom stereocenters. The molecule has 1 aliphatic heterocycles. The lowest BCUT2D eigenvalue weighted by Crippen LogP contribution is -2.69. The van der Waals surface area contributed by atoms with Crippen molar-refractivity contribution in [2.75, 3.05) is 6.61 Å². The molecule has 1 aliphatic rings. The van der Waals surface area contributed by atoms with Crippen LogP contribution in [0.1, 0.15) is 25.0 Å². The highest BCUT2D eigenvalue weighted by Gasteiger charge is 2.45. The van der Waals surface area contributed by atoms with Gasteiger partial charge in [-0.3, -0.25) is 14.4 Å². The summed E-state index contributed by atoms with van der Waals surface area (Å²) in [5, 5.41) is 5.41. The first-order chi connectivity index (χ1) is 14.5. The maximum Gasteiger partial charge on any atom is 0.253 e. The van der Waals surface area contributed by atoms with Crippen molar-refractivity contribution in [2.45, 2.75) is 45.1 Å². The molecule has 2 aromatic carbocycles. The first-order valence-corrected chi connectivity index (χ1v) is 10.0. The molecule has 0 saturated carbocycles. The summed E-state index contributed by atoms with van der Waals surface area (Å²) in [4.78, 5) is 39.8. The highest BCUT2D eigenvalue weighted by Crippen LogP contribution is 2.16. The van der Waals surface area contributed by atoms with Crippen LogP contribution in [0.3, 0.4) is 0 Å². The van der Waals surface area contributed by atoms with Gasteiger partial charge < -0.3 is 20.3 Å². The number of ether oxygens (including phenoxy) is 1. The van der Waals surface area contributed by atoms with Gasteiger partial charge in [-0.1, -0.05) is 60.7 Å². The van der Waals surface area contributed by atoms with Gasteiger partial charge in [-0.05, 0) is 25.0 Å². The second-order valence-corrected chi connectivity index (χ2v) is 7.51. The van der Waals surface area contributed by atoms with Gasteiger partial charge in [0.25, 0.3) is 11.8 Å². The Morgan fingerprint density at radius 3 is 2.23 bits per heavy atom. The molecule has 1 heterocycles. The number of hydrogen-bond donors (Lipinski definition) is 2. The molecule has 1 fully saturated rings. The van der Waals surface area contributed by atoms with Crippen LogP contribution in [0.25, 0.3) is 0 Å². The molecule has 158 valence electrons. The lowest BCUT2D eigenvalue weighted by atomic mass is 10.0. The van der Waals surface area contributed by atoms with Crippen molar-refractivity contribution in [3.05, 3.63) is 71.8 Å². The third kappa shape index (κ3) is 5.24. The number of rotatable bonds is 8. The first-order valence-electron chi connectivity index (χ1n) is 10.0. The smallest absolute Gasteiger partial charge is 0.253 e. The molecular formula is C23H27N3O4. The Kier molecular flexibility index (Phi) is 7.19. The standard InChI is InChI=1S/C23H27N3O4/c1-16(2)26-20(21(27)24-13-17-9-5-3-6-10-17)22(28)25-19(23(26)29)15-30-14-18-11-7-4-8-12-18/h3-12,16,19-20H,13-15H2,1-2H3,(H,24,27)(H,25,28)/t19-,20?/m0/s1. The number of benzene rings is 2. The monoisotopic (exact) mass is 409 g/mol. The Morgan fingerprint density at radius 2 is 1.63 bits per heavy atom. The molecule has 3 amide bonds. The summed E-state index contributed by atoms with van der Waals surface area (Å²) in [6.07, 6.45) is 0. The molecule has 2 atom stereocenters.